The second kappa shape index (κ2) is 14.7. The molecule has 0 aliphatic carbocycles. The highest BCUT2D eigenvalue weighted by Crippen LogP contribution is 2.38. The predicted molar refractivity (Wildman–Crippen MR) is 174 cm³/mol. The Morgan fingerprint density at radius 2 is 1.78 bits per heavy atom. The van der Waals surface area contributed by atoms with Crippen LogP contribution in [0.3, 0.4) is 0 Å². The molecule has 9 atom stereocenters. The molecule has 3 fully saturated rings. The monoisotopic (exact) mass is 649 g/mol. The number of carbonyl (C=O) groups is 2. The third kappa shape index (κ3) is 8.02. The van der Waals surface area contributed by atoms with Crippen molar-refractivity contribution in [3.8, 4) is 0 Å². The van der Waals surface area contributed by atoms with E-state index in [-0.39, 0.29) is 36.5 Å². The molecular formula is C34H59N5O7. The number of imidazole rings is 1. The number of likely N-dealkylation sites (N-methyl/N-ethyl adjacent to an activating group) is 2. The largest absolute Gasteiger partial charge is 0.463 e. The molecule has 4 heterocycles. The van der Waals surface area contributed by atoms with E-state index in [2.05, 4.69) is 28.8 Å². The number of aliphatic hydroxyl groups excluding tert-OH is 1. The van der Waals surface area contributed by atoms with Gasteiger partial charge in [-0.1, -0.05) is 13.8 Å². The minimum Gasteiger partial charge on any atom is -0.463 e. The van der Waals surface area contributed by atoms with Crippen molar-refractivity contribution >= 4 is 11.8 Å². The molecule has 12 heteroatoms. The number of aryl methyl sites for hydroxylation is 1. The Balaban J connectivity index is 1.59. The van der Waals surface area contributed by atoms with Gasteiger partial charge in [-0.3, -0.25) is 19.4 Å². The molecule has 3 saturated heterocycles. The molecule has 0 bridgehead atoms. The van der Waals surface area contributed by atoms with E-state index in [0.717, 1.165) is 31.9 Å². The number of ketones is 1. The van der Waals surface area contributed by atoms with Crippen molar-refractivity contribution < 1.29 is 33.6 Å². The Morgan fingerprint density at radius 1 is 1.11 bits per heavy atom. The van der Waals surface area contributed by atoms with Crippen LogP contribution in [0.5, 0.6) is 0 Å². The molecule has 0 amide bonds. The van der Waals surface area contributed by atoms with Crippen molar-refractivity contribution in [1.82, 2.24) is 24.3 Å². The molecule has 0 spiro atoms. The highest BCUT2D eigenvalue weighted by atomic mass is 16.7. The van der Waals surface area contributed by atoms with Crippen molar-refractivity contribution in [3.05, 3.63) is 18.2 Å². The average molecular weight is 650 g/mol. The number of cyclic esters (lactones) is 1. The highest BCUT2D eigenvalue weighted by Gasteiger charge is 2.52. The maximum absolute atomic E-state index is 14.2. The molecule has 12 nitrogen and oxygen atoms in total. The van der Waals surface area contributed by atoms with Crippen molar-refractivity contribution in [2.24, 2.45) is 30.2 Å². The van der Waals surface area contributed by atoms with Crippen LogP contribution in [0.25, 0.3) is 0 Å². The van der Waals surface area contributed by atoms with Crippen molar-refractivity contribution in [3.63, 3.8) is 0 Å². The van der Waals surface area contributed by atoms with Crippen LogP contribution in [0, 0.1) is 23.2 Å². The highest BCUT2D eigenvalue weighted by molar-refractivity contribution is 6.04. The summed E-state index contributed by atoms with van der Waals surface area (Å²) in [5, 5.41) is 11.3. The number of carbonyl (C=O) groups excluding carboxylic acids is 2. The smallest absolute Gasteiger partial charge is 0.319 e. The molecule has 0 aromatic carbocycles. The van der Waals surface area contributed by atoms with Crippen LogP contribution in [0.1, 0.15) is 60.1 Å². The summed E-state index contributed by atoms with van der Waals surface area (Å²) in [5.41, 5.74) is -1.31. The maximum Gasteiger partial charge on any atom is 0.319 e. The first-order valence-corrected chi connectivity index (χ1v) is 16.8. The Kier molecular flexibility index (Phi) is 11.8. The van der Waals surface area contributed by atoms with Gasteiger partial charge in [-0.15, -0.1) is 0 Å². The third-order valence-corrected chi connectivity index (χ3v) is 10.6. The summed E-state index contributed by atoms with van der Waals surface area (Å²) in [7, 11) is 9.54. The van der Waals surface area contributed by atoms with E-state index in [1.54, 1.807) is 27.9 Å². The molecule has 3 aliphatic heterocycles. The summed E-state index contributed by atoms with van der Waals surface area (Å²) in [5.74, 6) is -1.15. The molecule has 4 rings (SSSR count). The standard InChI is InChI=1S/C34H59N5O7/c1-21-13-34(6,43-11)30(46-31-28(40)26(36(7)8)12-22(2)45-31)23(3)29(41)33(4,5)32(42)44-19-27(38(10)14-21)24-15-39(16-24)18-25-17-37(9)20-35-25/h17,20-24,26-28,30-31,40H,12-16,18-19H2,1-11H3/t21-,22-,23+,26+,27+,28-,30-,31+,34-/m1/s1. The van der Waals surface area contributed by atoms with Gasteiger partial charge in [-0.05, 0) is 67.6 Å². The summed E-state index contributed by atoms with van der Waals surface area (Å²) in [6.45, 7) is 14.6. The molecular weight excluding hydrogens is 590 g/mol. The van der Waals surface area contributed by atoms with Crippen LogP contribution in [-0.4, -0.2) is 138 Å². The number of esters is 1. The number of rotatable bonds is 7. The number of aliphatic hydroxyl groups is 1. The average Bonchev–Trinajstić information content (AvgIpc) is 3.38. The Hall–Kier alpha value is -1.93. The molecule has 46 heavy (non-hydrogen) atoms. The zero-order valence-electron chi connectivity index (χ0n) is 29.9. The van der Waals surface area contributed by atoms with Crippen LogP contribution >= 0.6 is 0 Å². The second-order valence-corrected chi connectivity index (χ2v) is 15.3. The fourth-order valence-electron chi connectivity index (χ4n) is 7.82. The summed E-state index contributed by atoms with van der Waals surface area (Å²) < 4.78 is 27.0. The first-order chi connectivity index (χ1) is 21.5. The van der Waals surface area contributed by atoms with Crippen molar-refractivity contribution in [2.45, 2.75) is 103 Å². The number of methoxy groups -OCH3 is 1. The topological polar surface area (TPSA) is 119 Å². The molecule has 1 N–H and O–H groups in total. The molecule has 1 aromatic rings. The van der Waals surface area contributed by atoms with Gasteiger partial charge < -0.3 is 33.5 Å². The predicted octanol–water partition coefficient (Wildman–Crippen LogP) is 2.18. The van der Waals surface area contributed by atoms with Gasteiger partial charge in [-0.2, -0.15) is 0 Å². The van der Waals surface area contributed by atoms with Crippen LogP contribution < -0.4 is 0 Å². The summed E-state index contributed by atoms with van der Waals surface area (Å²) in [4.78, 5) is 39.0. The minimum absolute atomic E-state index is 0.00782. The molecule has 0 saturated carbocycles. The number of likely N-dealkylation sites (tertiary alicyclic amines) is 1. The fourth-order valence-corrected chi connectivity index (χ4v) is 7.82. The quantitative estimate of drug-likeness (QED) is 0.346. The van der Waals surface area contributed by atoms with E-state index in [0.29, 0.717) is 18.8 Å². The van der Waals surface area contributed by atoms with E-state index >= 15 is 0 Å². The molecule has 3 aliphatic rings. The van der Waals surface area contributed by atoms with Crippen LogP contribution in [-0.2, 0) is 42.1 Å². The van der Waals surface area contributed by atoms with E-state index in [1.165, 1.54) is 0 Å². The number of hydrogen-bond acceptors (Lipinski definition) is 11. The van der Waals surface area contributed by atoms with Gasteiger partial charge >= 0.3 is 5.97 Å². The molecule has 262 valence electrons. The van der Waals surface area contributed by atoms with Crippen LogP contribution in [0.15, 0.2) is 12.5 Å². The lowest BCUT2D eigenvalue weighted by molar-refractivity contribution is -0.295. The normalized spacial score (nSPS) is 37.7. The van der Waals surface area contributed by atoms with Gasteiger partial charge in [0, 0.05) is 70.5 Å². The fraction of sp³-hybridized carbons (Fsp3) is 0.853. The van der Waals surface area contributed by atoms with Gasteiger partial charge in [0.05, 0.1) is 29.8 Å². The Morgan fingerprint density at radius 3 is 2.37 bits per heavy atom. The zero-order chi connectivity index (χ0) is 34.1. The van der Waals surface area contributed by atoms with E-state index < -0.39 is 41.4 Å². The van der Waals surface area contributed by atoms with Crippen LogP contribution in [0.4, 0.5) is 0 Å². The number of aromatic nitrogens is 2. The van der Waals surface area contributed by atoms with E-state index in [4.69, 9.17) is 18.9 Å². The minimum atomic E-state index is -1.42. The van der Waals surface area contributed by atoms with Gasteiger partial charge in [0.1, 0.15) is 18.1 Å². The van der Waals surface area contributed by atoms with Gasteiger partial charge in [0.2, 0.25) is 0 Å². The summed E-state index contributed by atoms with van der Waals surface area (Å²) in [6, 6.07) is -0.183. The van der Waals surface area contributed by atoms with Crippen LogP contribution in [0.2, 0.25) is 0 Å². The lowest BCUT2D eigenvalue weighted by atomic mass is 9.74. The summed E-state index contributed by atoms with van der Waals surface area (Å²) in [6.07, 6.45) is 2.24. The van der Waals surface area contributed by atoms with Gasteiger partial charge in [-0.25, -0.2) is 4.98 Å². The number of ether oxygens (including phenoxy) is 4. The lowest BCUT2D eigenvalue weighted by Gasteiger charge is -2.47. The lowest BCUT2D eigenvalue weighted by Crippen LogP contribution is -2.59. The SMILES string of the molecule is CO[C@]1(C)C[C@@H](C)CN(C)[C@H](C2CN(Cc3cn(C)cn3)C2)COC(=O)C(C)(C)C(=O)[C@H](C)[C@H]1O[C@@H]1O[C@H](C)C[C@H](N(C)C)[C@H]1O. The number of nitrogens with zero attached hydrogens (tertiary/aromatic N) is 5. The van der Waals surface area contributed by atoms with Gasteiger partial charge in [0.15, 0.2) is 12.1 Å². The van der Waals surface area contributed by atoms with Gasteiger partial charge in [0.25, 0.3) is 0 Å². The molecule has 0 unspecified atom stereocenters. The van der Waals surface area contributed by atoms with E-state index in [1.807, 2.05) is 57.0 Å². The number of hydrogen-bond donors (Lipinski definition) is 1. The first kappa shape index (κ1) is 36.9. The number of Topliss-reactive ketones (excluding diaryl/α,β-unsaturated/α-hetero) is 1. The summed E-state index contributed by atoms with van der Waals surface area (Å²) >= 11 is 0. The second-order valence-electron chi connectivity index (χ2n) is 15.3. The Labute approximate surface area is 275 Å². The first-order valence-electron chi connectivity index (χ1n) is 16.8. The molecule has 1 aromatic heterocycles. The Bertz CT molecular complexity index is 1190. The van der Waals surface area contributed by atoms with Crippen molar-refractivity contribution in [2.75, 3.05) is 54.5 Å². The van der Waals surface area contributed by atoms with Crippen molar-refractivity contribution in [1.29, 1.82) is 0 Å². The molecule has 0 radical (unpaired) electrons. The maximum atomic E-state index is 14.2. The third-order valence-electron chi connectivity index (χ3n) is 10.6. The zero-order valence-corrected chi connectivity index (χ0v) is 29.9. The van der Waals surface area contributed by atoms with E-state index in [9.17, 15) is 14.7 Å².